The first-order chi connectivity index (χ1) is 13.0. The molecule has 0 spiro atoms. The molecule has 1 aromatic heterocycles. The van der Waals surface area contributed by atoms with Crippen molar-refractivity contribution >= 4 is 35.1 Å². The van der Waals surface area contributed by atoms with Gasteiger partial charge < -0.3 is 10.1 Å². The van der Waals surface area contributed by atoms with Gasteiger partial charge in [-0.05, 0) is 12.1 Å². The number of fused-ring (bicyclic) bond motifs is 1. The predicted molar refractivity (Wildman–Crippen MR) is 105 cm³/mol. The lowest BCUT2D eigenvalue weighted by Gasteiger charge is -2.13. The quantitative estimate of drug-likeness (QED) is 0.560. The highest BCUT2D eigenvalue weighted by molar-refractivity contribution is 8.00. The van der Waals surface area contributed by atoms with Gasteiger partial charge in [0.15, 0.2) is 5.16 Å². The molecule has 0 saturated heterocycles. The van der Waals surface area contributed by atoms with Gasteiger partial charge in [0.1, 0.15) is 5.82 Å². The van der Waals surface area contributed by atoms with Crippen molar-refractivity contribution in [2.75, 3.05) is 24.8 Å². The van der Waals surface area contributed by atoms with Gasteiger partial charge in [-0.15, -0.1) is 11.8 Å². The van der Waals surface area contributed by atoms with Crippen molar-refractivity contribution in [2.24, 2.45) is 0 Å². The number of carbonyl (C=O) groups is 1. The molecule has 3 rings (SSSR count). The smallest absolute Gasteiger partial charge is 0.268 e. The number of thioether (sulfide) groups is 2. The third kappa shape index (κ3) is 4.72. The summed E-state index contributed by atoms with van der Waals surface area (Å²) >= 11 is 2.70. The van der Waals surface area contributed by atoms with Crippen molar-refractivity contribution in [1.82, 2.24) is 9.55 Å². The molecular weight excluding hydrogens is 389 g/mol. The molecule has 0 bridgehead atoms. The van der Waals surface area contributed by atoms with E-state index in [9.17, 15) is 14.0 Å². The van der Waals surface area contributed by atoms with E-state index >= 15 is 0 Å². The number of benzene rings is 1. The van der Waals surface area contributed by atoms with Crippen molar-refractivity contribution in [1.29, 1.82) is 0 Å². The van der Waals surface area contributed by atoms with Crippen LogP contribution in [0.3, 0.4) is 0 Å². The summed E-state index contributed by atoms with van der Waals surface area (Å²) < 4.78 is 20.3. The third-order valence-electron chi connectivity index (χ3n) is 3.96. The number of ether oxygens (including phenoxy) is 1. The summed E-state index contributed by atoms with van der Waals surface area (Å²) in [5.74, 6) is -0.828. The zero-order chi connectivity index (χ0) is 19.4. The predicted octanol–water partition coefficient (Wildman–Crippen LogP) is 2.80. The Hall–Kier alpha value is -1.84. The molecule has 0 saturated carbocycles. The van der Waals surface area contributed by atoms with Gasteiger partial charge in [0.2, 0.25) is 5.91 Å². The topological polar surface area (TPSA) is 73.2 Å². The van der Waals surface area contributed by atoms with Crippen LogP contribution in [-0.4, -0.2) is 40.2 Å². The molecule has 1 aliphatic heterocycles. The summed E-state index contributed by atoms with van der Waals surface area (Å²) in [5.41, 5.74) is 0.818. The summed E-state index contributed by atoms with van der Waals surface area (Å²) in [6, 6.07) is 5.99. The molecule has 2 aromatic rings. The molecule has 0 radical (unpaired) electrons. The Labute approximate surface area is 164 Å². The molecule has 0 aliphatic carbocycles. The Kier molecular flexibility index (Phi) is 6.56. The number of nitrogens with one attached hydrogen (secondary N) is 1. The number of methoxy groups -OCH3 is 1. The van der Waals surface area contributed by atoms with Gasteiger partial charge in [0, 0.05) is 18.8 Å². The molecule has 9 heteroatoms. The largest absolute Gasteiger partial charge is 0.383 e. The molecule has 6 nitrogen and oxygen atoms in total. The Morgan fingerprint density at radius 2 is 2.26 bits per heavy atom. The fraction of sp³-hybridized carbons (Fsp3) is 0.389. The Morgan fingerprint density at radius 3 is 3.00 bits per heavy atom. The van der Waals surface area contributed by atoms with Crippen LogP contribution in [0.1, 0.15) is 12.6 Å². The van der Waals surface area contributed by atoms with Crippen LogP contribution in [-0.2, 0) is 22.5 Å². The van der Waals surface area contributed by atoms with Crippen molar-refractivity contribution in [3.63, 3.8) is 0 Å². The molecule has 0 fully saturated rings. The van der Waals surface area contributed by atoms with Crippen molar-refractivity contribution in [2.45, 2.75) is 35.2 Å². The van der Waals surface area contributed by atoms with E-state index in [1.54, 1.807) is 23.8 Å². The third-order valence-corrected chi connectivity index (χ3v) is 6.15. The van der Waals surface area contributed by atoms with E-state index in [0.29, 0.717) is 28.5 Å². The van der Waals surface area contributed by atoms with E-state index in [1.807, 2.05) is 0 Å². The number of halogens is 1. The molecule has 1 N–H and O–H groups in total. The molecule has 1 atom stereocenters. The van der Waals surface area contributed by atoms with Crippen LogP contribution in [0.2, 0.25) is 0 Å². The highest BCUT2D eigenvalue weighted by atomic mass is 32.2. The van der Waals surface area contributed by atoms with Crippen LogP contribution in [0.5, 0.6) is 0 Å². The Balaban J connectivity index is 1.76. The summed E-state index contributed by atoms with van der Waals surface area (Å²) in [7, 11) is 1.57. The molecule has 2 heterocycles. The summed E-state index contributed by atoms with van der Waals surface area (Å²) in [6.07, 6.45) is 0.731. The second-order valence-corrected chi connectivity index (χ2v) is 8.46. The fourth-order valence-corrected chi connectivity index (χ4v) is 4.66. The van der Waals surface area contributed by atoms with Crippen LogP contribution < -0.4 is 10.9 Å². The highest BCUT2D eigenvalue weighted by Gasteiger charge is 2.26. The Morgan fingerprint density at radius 1 is 1.48 bits per heavy atom. The average molecular weight is 410 g/mol. The first kappa shape index (κ1) is 19.9. The minimum absolute atomic E-state index is 0.0231. The highest BCUT2D eigenvalue weighted by Crippen LogP contribution is 2.34. The SMILES string of the molecule is COCCn1c(SCC(=O)Nc2ccccc2F)nc2c(c1=O)SC(C)C2. The summed E-state index contributed by atoms with van der Waals surface area (Å²) in [6.45, 7) is 2.79. The van der Waals surface area contributed by atoms with Crippen molar-refractivity contribution in [3.8, 4) is 0 Å². The number of hydrogen-bond acceptors (Lipinski definition) is 6. The van der Waals surface area contributed by atoms with Crippen LogP contribution in [0.4, 0.5) is 10.1 Å². The van der Waals surface area contributed by atoms with E-state index in [4.69, 9.17) is 4.74 Å². The molecule has 1 amide bonds. The molecular formula is C18H20FN3O3S2. The summed E-state index contributed by atoms with van der Waals surface area (Å²) in [4.78, 5) is 30.3. The standard InChI is InChI=1S/C18H20FN3O3S2/c1-11-9-14-16(27-11)17(24)22(7-8-25-2)18(21-14)26-10-15(23)20-13-6-4-3-5-12(13)19/h3-6,11H,7-10H2,1-2H3,(H,20,23). The van der Waals surface area contributed by atoms with Gasteiger partial charge in [-0.3, -0.25) is 14.2 Å². The maximum absolute atomic E-state index is 13.7. The minimum Gasteiger partial charge on any atom is -0.383 e. The first-order valence-corrected chi connectivity index (χ1v) is 10.3. The number of nitrogens with zero attached hydrogens (tertiary/aromatic N) is 2. The maximum atomic E-state index is 13.7. The molecule has 144 valence electrons. The molecule has 1 aliphatic rings. The molecule has 1 unspecified atom stereocenters. The van der Waals surface area contributed by atoms with E-state index in [2.05, 4.69) is 17.2 Å². The minimum atomic E-state index is -0.491. The van der Waals surface area contributed by atoms with Crippen LogP contribution in [0.25, 0.3) is 0 Å². The van der Waals surface area contributed by atoms with Crippen LogP contribution in [0, 0.1) is 5.82 Å². The number of para-hydroxylation sites is 1. The van der Waals surface area contributed by atoms with E-state index < -0.39 is 5.82 Å². The van der Waals surface area contributed by atoms with Crippen molar-refractivity contribution in [3.05, 3.63) is 46.1 Å². The van der Waals surface area contributed by atoms with Gasteiger partial charge in [-0.1, -0.05) is 30.8 Å². The van der Waals surface area contributed by atoms with Gasteiger partial charge in [0.25, 0.3) is 5.56 Å². The fourth-order valence-electron chi connectivity index (χ4n) is 2.70. The lowest BCUT2D eigenvalue weighted by molar-refractivity contribution is -0.113. The van der Waals surface area contributed by atoms with Gasteiger partial charge in [-0.25, -0.2) is 9.37 Å². The van der Waals surface area contributed by atoms with E-state index in [0.717, 1.165) is 23.9 Å². The number of rotatable bonds is 7. The van der Waals surface area contributed by atoms with E-state index in [-0.39, 0.29) is 22.9 Å². The second-order valence-electron chi connectivity index (χ2n) is 6.07. The molecule has 27 heavy (non-hydrogen) atoms. The number of anilines is 1. The average Bonchev–Trinajstić information content (AvgIpc) is 3.02. The van der Waals surface area contributed by atoms with Gasteiger partial charge in [0.05, 0.1) is 35.2 Å². The maximum Gasteiger partial charge on any atom is 0.268 e. The number of amides is 1. The van der Waals surface area contributed by atoms with Gasteiger partial charge in [-0.2, -0.15) is 0 Å². The lowest BCUT2D eigenvalue weighted by atomic mass is 10.2. The lowest BCUT2D eigenvalue weighted by Crippen LogP contribution is -2.27. The Bertz CT molecular complexity index is 904. The molecule has 1 aromatic carbocycles. The first-order valence-electron chi connectivity index (χ1n) is 8.46. The zero-order valence-corrected chi connectivity index (χ0v) is 16.7. The van der Waals surface area contributed by atoms with E-state index in [1.165, 1.54) is 23.9 Å². The monoisotopic (exact) mass is 409 g/mol. The summed E-state index contributed by atoms with van der Waals surface area (Å²) in [5, 5.41) is 3.33. The van der Waals surface area contributed by atoms with Gasteiger partial charge >= 0.3 is 0 Å². The van der Waals surface area contributed by atoms with Crippen LogP contribution in [0.15, 0.2) is 39.1 Å². The number of aromatic nitrogens is 2. The number of hydrogen-bond donors (Lipinski definition) is 1. The number of carbonyl (C=O) groups excluding carboxylic acids is 1. The zero-order valence-electron chi connectivity index (χ0n) is 15.0. The van der Waals surface area contributed by atoms with Crippen molar-refractivity contribution < 1.29 is 13.9 Å². The van der Waals surface area contributed by atoms with Crippen LogP contribution >= 0.6 is 23.5 Å². The normalized spacial score (nSPS) is 15.6. The second kappa shape index (κ2) is 8.90.